The molecule has 5 nitrogen and oxygen atoms in total. The number of aromatic nitrogens is 1. The van der Waals surface area contributed by atoms with Crippen LogP contribution in [0.3, 0.4) is 0 Å². The number of aryl methyl sites for hydroxylation is 2. The second-order valence-corrected chi connectivity index (χ2v) is 7.54. The van der Waals surface area contributed by atoms with Crippen molar-refractivity contribution >= 4 is 23.2 Å². The van der Waals surface area contributed by atoms with Crippen LogP contribution in [0.1, 0.15) is 40.7 Å². The summed E-state index contributed by atoms with van der Waals surface area (Å²) >= 11 is 6.36. The molecule has 2 aliphatic rings. The van der Waals surface area contributed by atoms with Crippen LogP contribution in [0.5, 0.6) is 5.88 Å². The second kappa shape index (κ2) is 7.87. The van der Waals surface area contributed by atoms with Crippen LogP contribution < -0.4 is 9.64 Å². The molecule has 0 N–H and O–H groups in total. The van der Waals surface area contributed by atoms with Crippen LogP contribution in [0.25, 0.3) is 0 Å². The van der Waals surface area contributed by atoms with Crippen molar-refractivity contribution in [3.63, 3.8) is 0 Å². The molecular formula is C21H23ClN2O3. The average Bonchev–Trinajstić information content (AvgIpc) is 2.69. The molecule has 142 valence electrons. The molecule has 0 spiro atoms. The van der Waals surface area contributed by atoms with E-state index in [1.807, 2.05) is 17.0 Å². The molecule has 1 aromatic carbocycles. The molecule has 4 rings (SSSR count). The molecule has 1 amide bonds. The monoisotopic (exact) mass is 386 g/mol. The topological polar surface area (TPSA) is 51.7 Å². The van der Waals surface area contributed by atoms with Gasteiger partial charge < -0.3 is 14.4 Å². The number of nitrogens with zero attached hydrogens (tertiary/aromatic N) is 2. The summed E-state index contributed by atoms with van der Waals surface area (Å²) in [4.78, 5) is 19.2. The lowest BCUT2D eigenvalue weighted by Crippen LogP contribution is -2.35. The molecule has 0 bridgehead atoms. The molecular weight excluding hydrogens is 364 g/mol. The molecule has 0 saturated carbocycles. The maximum Gasteiger partial charge on any atom is 0.259 e. The number of ether oxygens (including phenoxy) is 2. The van der Waals surface area contributed by atoms with Gasteiger partial charge in [0.2, 0.25) is 5.88 Å². The molecule has 3 heterocycles. The molecule has 1 fully saturated rings. The van der Waals surface area contributed by atoms with Crippen LogP contribution >= 0.6 is 11.6 Å². The first-order chi connectivity index (χ1) is 13.1. The fraction of sp³-hybridized carbons (Fsp3) is 0.429. The molecule has 0 atom stereocenters. The number of amides is 1. The summed E-state index contributed by atoms with van der Waals surface area (Å²) in [5, 5.41) is 0.369. The molecule has 1 saturated heterocycles. The lowest BCUT2D eigenvalue weighted by atomic mass is 9.99. The zero-order valence-corrected chi connectivity index (χ0v) is 16.2. The first kappa shape index (κ1) is 18.3. The molecule has 2 aliphatic heterocycles. The highest BCUT2D eigenvalue weighted by atomic mass is 35.5. The fourth-order valence-electron chi connectivity index (χ4n) is 3.67. The number of halogens is 1. The Morgan fingerprint density at radius 1 is 1.30 bits per heavy atom. The Labute approximate surface area is 164 Å². The first-order valence-electron chi connectivity index (χ1n) is 9.43. The lowest BCUT2D eigenvalue weighted by molar-refractivity contribution is 0.0238. The number of carbonyl (C=O) groups excluding carboxylic acids is 1. The predicted molar refractivity (Wildman–Crippen MR) is 105 cm³/mol. The number of fused-ring (bicyclic) bond motifs is 1. The van der Waals surface area contributed by atoms with E-state index >= 15 is 0 Å². The lowest BCUT2D eigenvalue weighted by Gasteiger charge is -2.30. The van der Waals surface area contributed by atoms with Gasteiger partial charge in [-0.2, -0.15) is 0 Å². The van der Waals surface area contributed by atoms with Crippen molar-refractivity contribution < 1.29 is 14.3 Å². The Hall–Kier alpha value is -2.11. The number of anilines is 1. The van der Waals surface area contributed by atoms with E-state index in [-0.39, 0.29) is 12.0 Å². The van der Waals surface area contributed by atoms with Gasteiger partial charge in [0, 0.05) is 31.3 Å². The Bertz CT molecular complexity index is 849. The average molecular weight is 387 g/mol. The Kier molecular flexibility index (Phi) is 5.32. The number of hydrogen-bond donors (Lipinski definition) is 0. The van der Waals surface area contributed by atoms with Crippen LogP contribution in [0.4, 0.5) is 5.69 Å². The third kappa shape index (κ3) is 3.94. The van der Waals surface area contributed by atoms with E-state index in [0.717, 1.165) is 31.4 Å². The summed E-state index contributed by atoms with van der Waals surface area (Å²) in [5.41, 5.74) is 3.89. The fourth-order valence-corrected chi connectivity index (χ4v) is 3.88. The van der Waals surface area contributed by atoms with Crippen molar-refractivity contribution in [1.29, 1.82) is 0 Å². The maximum absolute atomic E-state index is 13.1. The number of carbonyl (C=O) groups is 1. The minimum atomic E-state index is -0.0770. The van der Waals surface area contributed by atoms with Gasteiger partial charge in [0.05, 0.1) is 18.8 Å². The normalized spacial score (nSPS) is 17.5. The van der Waals surface area contributed by atoms with Crippen LogP contribution in [0.15, 0.2) is 30.5 Å². The van der Waals surface area contributed by atoms with Gasteiger partial charge in [-0.05, 0) is 37.5 Å². The Morgan fingerprint density at radius 3 is 2.89 bits per heavy atom. The minimum absolute atomic E-state index is 0.0579. The Balaban J connectivity index is 1.54. The van der Waals surface area contributed by atoms with Gasteiger partial charge in [-0.15, -0.1) is 0 Å². The van der Waals surface area contributed by atoms with Crippen LogP contribution in [-0.2, 0) is 11.2 Å². The molecule has 0 radical (unpaired) electrons. The zero-order chi connectivity index (χ0) is 18.8. The van der Waals surface area contributed by atoms with Gasteiger partial charge in [-0.3, -0.25) is 4.79 Å². The van der Waals surface area contributed by atoms with E-state index in [2.05, 4.69) is 18.0 Å². The van der Waals surface area contributed by atoms with E-state index < -0.39 is 0 Å². The molecule has 2 aromatic rings. The maximum atomic E-state index is 13.1. The molecule has 6 heteroatoms. The smallest absolute Gasteiger partial charge is 0.259 e. The van der Waals surface area contributed by atoms with Crippen molar-refractivity contribution in [3.8, 4) is 5.88 Å². The van der Waals surface area contributed by atoms with Crippen LogP contribution in [0.2, 0.25) is 5.02 Å². The summed E-state index contributed by atoms with van der Waals surface area (Å²) in [6.07, 6.45) is 5.21. The van der Waals surface area contributed by atoms with Crippen molar-refractivity contribution in [2.45, 2.75) is 38.7 Å². The van der Waals surface area contributed by atoms with Gasteiger partial charge in [0.15, 0.2) is 0 Å². The third-order valence-electron chi connectivity index (χ3n) is 5.10. The predicted octanol–water partition coefficient (Wildman–Crippen LogP) is 4.19. The van der Waals surface area contributed by atoms with E-state index in [9.17, 15) is 4.79 Å². The summed E-state index contributed by atoms with van der Waals surface area (Å²) < 4.78 is 11.2. The highest BCUT2D eigenvalue weighted by Gasteiger charge is 2.25. The number of benzene rings is 1. The molecule has 1 aromatic heterocycles. The van der Waals surface area contributed by atoms with Crippen molar-refractivity contribution in [2.24, 2.45) is 0 Å². The first-order valence-corrected chi connectivity index (χ1v) is 9.81. The quantitative estimate of drug-likeness (QED) is 0.793. The number of rotatable bonds is 3. The van der Waals surface area contributed by atoms with E-state index in [4.69, 9.17) is 21.1 Å². The van der Waals surface area contributed by atoms with Gasteiger partial charge in [-0.25, -0.2) is 4.98 Å². The highest BCUT2D eigenvalue weighted by Crippen LogP contribution is 2.31. The van der Waals surface area contributed by atoms with E-state index in [1.54, 1.807) is 12.3 Å². The van der Waals surface area contributed by atoms with Gasteiger partial charge >= 0.3 is 0 Å². The van der Waals surface area contributed by atoms with Gasteiger partial charge in [0.25, 0.3) is 5.91 Å². The standard InChI is InChI=1S/C21H23ClN2O3/c1-14-4-5-19-15(11-14)3-2-8-24(19)21(25)16-12-18(22)20(23-13-16)27-17-6-9-26-10-7-17/h4-5,11-13,17H,2-3,6-10H2,1H3. The summed E-state index contributed by atoms with van der Waals surface area (Å²) in [5.74, 6) is 0.307. The summed E-state index contributed by atoms with van der Waals surface area (Å²) in [6, 6.07) is 7.89. The molecule has 27 heavy (non-hydrogen) atoms. The largest absolute Gasteiger partial charge is 0.473 e. The zero-order valence-electron chi connectivity index (χ0n) is 15.4. The van der Waals surface area contributed by atoms with Crippen LogP contribution in [-0.4, -0.2) is 36.8 Å². The number of hydrogen-bond acceptors (Lipinski definition) is 4. The SMILES string of the molecule is Cc1ccc2c(c1)CCCN2C(=O)c1cnc(OC2CCOCC2)c(Cl)c1. The highest BCUT2D eigenvalue weighted by molar-refractivity contribution is 6.32. The summed E-state index contributed by atoms with van der Waals surface area (Å²) in [7, 11) is 0. The van der Waals surface area contributed by atoms with Gasteiger partial charge in [0.1, 0.15) is 11.1 Å². The van der Waals surface area contributed by atoms with E-state index in [1.165, 1.54) is 11.1 Å². The van der Waals surface area contributed by atoms with E-state index in [0.29, 0.717) is 36.2 Å². The third-order valence-corrected chi connectivity index (χ3v) is 5.37. The van der Waals surface area contributed by atoms with Crippen molar-refractivity contribution in [2.75, 3.05) is 24.7 Å². The Morgan fingerprint density at radius 2 is 2.11 bits per heavy atom. The second-order valence-electron chi connectivity index (χ2n) is 7.13. The van der Waals surface area contributed by atoms with Gasteiger partial charge in [-0.1, -0.05) is 29.3 Å². The van der Waals surface area contributed by atoms with Crippen molar-refractivity contribution in [1.82, 2.24) is 4.98 Å². The minimum Gasteiger partial charge on any atom is -0.473 e. The molecule has 0 unspecified atom stereocenters. The van der Waals surface area contributed by atoms with Crippen LogP contribution in [0, 0.1) is 6.92 Å². The number of pyridine rings is 1. The summed E-state index contributed by atoms with van der Waals surface area (Å²) in [6.45, 7) is 4.15. The van der Waals surface area contributed by atoms with Crippen molar-refractivity contribution in [3.05, 3.63) is 52.2 Å². The molecule has 0 aliphatic carbocycles.